The maximum atomic E-state index is 10.3. The molecule has 3 atom stereocenters. The fraction of sp³-hybridized carbons (Fsp3) is 0.739. The van der Waals surface area contributed by atoms with Gasteiger partial charge in [0.25, 0.3) is 0 Å². The van der Waals surface area contributed by atoms with Gasteiger partial charge < -0.3 is 10.2 Å². The molecule has 0 spiro atoms. The number of hydrogen-bond donors (Lipinski definition) is 2. The molecule has 1 aromatic carbocycles. The molecule has 2 N–H and O–H groups in total. The first-order chi connectivity index (χ1) is 12.4. The normalized spacial score (nSPS) is 17.5. The summed E-state index contributed by atoms with van der Waals surface area (Å²) in [5.41, 5.74) is 1.21. The van der Waals surface area contributed by atoms with Crippen molar-refractivity contribution in [2.75, 3.05) is 0 Å². The van der Waals surface area contributed by atoms with Gasteiger partial charge in [-0.25, -0.2) is 0 Å². The van der Waals surface area contributed by atoms with Crippen LogP contribution < -0.4 is 0 Å². The number of hydrogen-bond acceptors (Lipinski definition) is 2. The molecule has 0 saturated carbocycles. The third kappa shape index (κ3) is 7.58. The summed E-state index contributed by atoms with van der Waals surface area (Å²) in [6.45, 7) is 5.65. The lowest BCUT2D eigenvalue weighted by Crippen LogP contribution is -2.51. The molecule has 2 nitrogen and oxygen atoms in total. The molecule has 0 aliphatic carbocycles. The smallest absolute Gasteiger partial charge is 0.0987 e. The van der Waals surface area contributed by atoms with Crippen LogP contribution in [-0.4, -0.2) is 27.3 Å². The Morgan fingerprint density at radius 2 is 1.35 bits per heavy atom. The van der Waals surface area contributed by atoms with Crippen LogP contribution in [-0.2, 0) is 6.42 Å². The Morgan fingerprint density at radius 1 is 0.846 bits per heavy atom. The van der Waals surface area contributed by atoms with E-state index in [0.29, 0.717) is 0 Å². The SMILES string of the molecule is CCCCCCCCCCC(Cc1ccccc1)C(Cl)(C(C)O)C(C)O. The van der Waals surface area contributed by atoms with Gasteiger partial charge >= 0.3 is 0 Å². The zero-order valence-corrected chi connectivity index (χ0v) is 17.7. The van der Waals surface area contributed by atoms with Gasteiger partial charge in [-0.15, -0.1) is 11.6 Å². The molecule has 0 aliphatic rings. The Morgan fingerprint density at radius 3 is 1.85 bits per heavy atom. The molecule has 0 amide bonds. The van der Waals surface area contributed by atoms with Crippen molar-refractivity contribution < 1.29 is 10.2 Å². The second kappa shape index (κ2) is 12.8. The van der Waals surface area contributed by atoms with Gasteiger partial charge in [0.05, 0.1) is 17.1 Å². The van der Waals surface area contributed by atoms with Crippen molar-refractivity contribution in [3.63, 3.8) is 0 Å². The van der Waals surface area contributed by atoms with Crippen molar-refractivity contribution in [2.45, 2.75) is 102 Å². The Balaban J connectivity index is 2.61. The second-order valence-electron chi connectivity index (χ2n) is 7.83. The number of benzene rings is 1. The predicted octanol–water partition coefficient (Wildman–Crippen LogP) is 6.12. The van der Waals surface area contributed by atoms with Gasteiger partial charge in [0, 0.05) is 0 Å². The van der Waals surface area contributed by atoms with Crippen LogP contribution >= 0.6 is 11.6 Å². The van der Waals surface area contributed by atoms with E-state index in [1.54, 1.807) is 13.8 Å². The number of aliphatic hydroxyl groups excluding tert-OH is 2. The molecule has 0 saturated heterocycles. The van der Waals surface area contributed by atoms with Crippen molar-refractivity contribution >= 4 is 11.6 Å². The average molecular weight is 383 g/mol. The van der Waals surface area contributed by atoms with Crippen LogP contribution in [0.15, 0.2) is 30.3 Å². The Hall–Kier alpha value is -0.570. The monoisotopic (exact) mass is 382 g/mol. The molecule has 3 heteroatoms. The molecule has 0 aliphatic heterocycles. The van der Waals surface area contributed by atoms with E-state index in [4.69, 9.17) is 11.6 Å². The third-order valence-electron chi connectivity index (χ3n) is 5.64. The van der Waals surface area contributed by atoms with Gasteiger partial charge in [-0.2, -0.15) is 0 Å². The van der Waals surface area contributed by atoms with E-state index in [1.807, 2.05) is 18.2 Å². The maximum absolute atomic E-state index is 10.3. The van der Waals surface area contributed by atoms with Crippen LogP contribution in [0.3, 0.4) is 0 Å². The fourth-order valence-corrected chi connectivity index (χ4v) is 4.12. The van der Waals surface area contributed by atoms with E-state index >= 15 is 0 Å². The summed E-state index contributed by atoms with van der Waals surface area (Å²) in [5.74, 6) is 0.0478. The summed E-state index contributed by atoms with van der Waals surface area (Å²) >= 11 is 6.82. The van der Waals surface area contributed by atoms with Gasteiger partial charge in [-0.3, -0.25) is 0 Å². The standard InChI is InChI=1S/C23H39ClO2/c1-4-5-6-7-8-9-10-14-17-22(18-21-15-12-11-13-16-21)23(24,19(2)25)20(3)26/h11-13,15-16,19-20,22,25-26H,4-10,14,17-18H2,1-3H3. The lowest BCUT2D eigenvalue weighted by molar-refractivity contribution is 0.0162. The zero-order chi connectivity index (χ0) is 19.4. The first-order valence-electron chi connectivity index (χ1n) is 10.5. The van der Waals surface area contributed by atoms with E-state index in [1.165, 1.54) is 50.5 Å². The minimum atomic E-state index is -1.00. The average Bonchev–Trinajstić information content (AvgIpc) is 2.62. The molecule has 1 aromatic rings. The van der Waals surface area contributed by atoms with E-state index in [9.17, 15) is 10.2 Å². The second-order valence-corrected chi connectivity index (χ2v) is 8.48. The number of aliphatic hydroxyl groups is 2. The van der Waals surface area contributed by atoms with Gasteiger partial charge in [0.15, 0.2) is 0 Å². The molecular weight excluding hydrogens is 344 g/mol. The lowest BCUT2D eigenvalue weighted by Gasteiger charge is -2.40. The third-order valence-corrected chi connectivity index (χ3v) is 6.58. The summed E-state index contributed by atoms with van der Waals surface area (Å²) in [5, 5.41) is 20.6. The van der Waals surface area contributed by atoms with Crippen molar-refractivity contribution in [3.8, 4) is 0 Å². The molecule has 3 unspecified atom stereocenters. The first kappa shape index (κ1) is 23.5. The van der Waals surface area contributed by atoms with Crippen LogP contribution in [0.5, 0.6) is 0 Å². The fourth-order valence-electron chi connectivity index (χ4n) is 3.93. The first-order valence-corrected chi connectivity index (χ1v) is 10.9. The molecule has 150 valence electrons. The van der Waals surface area contributed by atoms with Gasteiger partial charge in [0.1, 0.15) is 0 Å². The van der Waals surface area contributed by atoms with Crippen LogP contribution in [0, 0.1) is 5.92 Å². The minimum Gasteiger partial charge on any atom is -0.391 e. The number of alkyl halides is 1. The highest BCUT2D eigenvalue weighted by Gasteiger charge is 2.45. The molecule has 0 fully saturated rings. The Bertz CT molecular complexity index is 451. The van der Waals surface area contributed by atoms with E-state index in [0.717, 1.165) is 19.3 Å². The molecule has 0 aromatic heterocycles. The molecule has 0 bridgehead atoms. The summed E-state index contributed by atoms with van der Waals surface area (Å²) in [6.07, 6.45) is 10.4. The molecule has 26 heavy (non-hydrogen) atoms. The topological polar surface area (TPSA) is 40.5 Å². The summed E-state index contributed by atoms with van der Waals surface area (Å²) in [4.78, 5) is -1.00. The molecular formula is C23H39ClO2. The van der Waals surface area contributed by atoms with Crippen LogP contribution in [0.4, 0.5) is 0 Å². The van der Waals surface area contributed by atoms with Crippen LogP contribution in [0.25, 0.3) is 0 Å². The quantitative estimate of drug-likeness (QED) is 0.300. The molecule has 0 heterocycles. The van der Waals surface area contributed by atoms with Crippen molar-refractivity contribution in [1.82, 2.24) is 0 Å². The van der Waals surface area contributed by atoms with Crippen LogP contribution in [0.1, 0.15) is 84.1 Å². The Kier molecular flexibility index (Phi) is 11.5. The highest BCUT2D eigenvalue weighted by molar-refractivity contribution is 6.25. The van der Waals surface area contributed by atoms with E-state index < -0.39 is 17.1 Å². The molecule has 1 rings (SSSR count). The summed E-state index contributed by atoms with van der Waals surface area (Å²) < 4.78 is 0. The van der Waals surface area contributed by atoms with Gasteiger partial charge in [-0.05, 0) is 38.2 Å². The van der Waals surface area contributed by atoms with Gasteiger partial charge in [0.2, 0.25) is 0 Å². The number of halogens is 1. The maximum Gasteiger partial charge on any atom is 0.0987 e. The zero-order valence-electron chi connectivity index (χ0n) is 17.0. The minimum absolute atomic E-state index is 0.0478. The lowest BCUT2D eigenvalue weighted by atomic mass is 9.76. The predicted molar refractivity (Wildman–Crippen MR) is 113 cm³/mol. The van der Waals surface area contributed by atoms with Crippen molar-refractivity contribution in [2.24, 2.45) is 5.92 Å². The number of rotatable bonds is 14. The molecule has 0 radical (unpaired) electrons. The highest BCUT2D eigenvalue weighted by Crippen LogP contribution is 2.38. The summed E-state index contributed by atoms with van der Waals surface area (Å²) in [7, 11) is 0. The Labute approximate surface area is 166 Å². The van der Waals surface area contributed by atoms with Crippen LogP contribution in [0.2, 0.25) is 0 Å². The van der Waals surface area contributed by atoms with E-state index in [2.05, 4.69) is 19.1 Å². The van der Waals surface area contributed by atoms with Gasteiger partial charge in [-0.1, -0.05) is 88.6 Å². The summed E-state index contributed by atoms with van der Waals surface area (Å²) in [6, 6.07) is 10.3. The van der Waals surface area contributed by atoms with Crippen molar-refractivity contribution in [3.05, 3.63) is 35.9 Å². The van der Waals surface area contributed by atoms with Crippen molar-refractivity contribution in [1.29, 1.82) is 0 Å². The highest BCUT2D eigenvalue weighted by atomic mass is 35.5. The largest absolute Gasteiger partial charge is 0.391 e. The van der Waals surface area contributed by atoms with E-state index in [-0.39, 0.29) is 5.92 Å². The number of unbranched alkanes of at least 4 members (excludes halogenated alkanes) is 7.